The molecule has 37 heavy (non-hydrogen) atoms. The number of rotatable bonds is 10. The molecular weight excluding hydrogens is 508 g/mol. The maximum Gasteiger partial charge on any atom is 0.187 e. The lowest BCUT2D eigenvalue weighted by Gasteiger charge is -2.46. The van der Waals surface area contributed by atoms with Crippen LogP contribution in [0, 0.1) is 0 Å². The molecule has 16 nitrogen and oxygen atoms in total. The van der Waals surface area contributed by atoms with Gasteiger partial charge in [0.1, 0.15) is 73.2 Å². The second-order valence-electron chi connectivity index (χ2n) is 9.22. The van der Waals surface area contributed by atoms with Gasteiger partial charge in [-0.2, -0.15) is 0 Å². The molecule has 3 fully saturated rings. The van der Waals surface area contributed by atoms with E-state index in [1.54, 1.807) is 0 Å². The average Bonchev–Trinajstić information content (AvgIpc) is 2.89. The summed E-state index contributed by atoms with van der Waals surface area (Å²) in [4.78, 5) is 0. The summed E-state index contributed by atoms with van der Waals surface area (Å²) >= 11 is 0. The smallest absolute Gasteiger partial charge is 0.187 e. The minimum Gasteiger partial charge on any atom is -0.394 e. The molecule has 0 aromatic heterocycles. The zero-order chi connectivity index (χ0) is 27.4. The molecule has 0 radical (unpaired) electrons. The largest absolute Gasteiger partial charge is 0.394 e. The van der Waals surface area contributed by atoms with E-state index >= 15 is 0 Å². The van der Waals surface area contributed by atoms with E-state index in [0.717, 1.165) is 0 Å². The van der Waals surface area contributed by atoms with Gasteiger partial charge in [-0.25, -0.2) is 0 Å². The van der Waals surface area contributed by atoms with Crippen LogP contribution in [0.5, 0.6) is 0 Å². The van der Waals surface area contributed by atoms with Crippen LogP contribution in [-0.2, 0) is 28.4 Å². The zero-order valence-electron chi connectivity index (χ0n) is 20.1. The van der Waals surface area contributed by atoms with Gasteiger partial charge in [0.15, 0.2) is 18.9 Å². The first-order valence-electron chi connectivity index (χ1n) is 12.1. The summed E-state index contributed by atoms with van der Waals surface area (Å²) in [5, 5.41) is 101. The minimum atomic E-state index is -1.91. The number of hydrogen-bond acceptors (Lipinski definition) is 16. The van der Waals surface area contributed by atoms with Crippen LogP contribution >= 0.6 is 0 Å². The summed E-state index contributed by atoms with van der Waals surface area (Å²) in [6.45, 7) is 0.164. The van der Waals surface area contributed by atoms with Crippen LogP contribution in [0.3, 0.4) is 0 Å². The third-order valence-corrected chi connectivity index (χ3v) is 6.56. The quantitative estimate of drug-likeness (QED) is 0.122. The Bertz CT molecular complexity index is 683. The lowest BCUT2D eigenvalue weighted by atomic mass is 9.96. The van der Waals surface area contributed by atoms with Crippen molar-refractivity contribution in [3.05, 3.63) is 0 Å². The predicted molar refractivity (Wildman–Crippen MR) is 115 cm³/mol. The molecule has 10 N–H and O–H groups in total. The maximum atomic E-state index is 10.8. The Labute approximate surface area is 212 Å². The van der Waals surface area contributed by atoms with E-state index in [4.69, 9.17) is 28.4 Å². The van der Waals surface area contributed by atoms with Crippen molar-refractivity contribution < 1.29 is 79.5 Å². The summed E-state index contributed by atoms with van der Waals surface area (Å²) in [6, 6.07) is 0. The number of aliphatic hydroxyl groups excluding tert-OH is 10. The highest BCUT2D eigenvalue weighted by atomic mass is 16.7. The van der Waals surface area contributed by atoms with Crippen molar-refractivity contribution in [2.75, 3.05) is 26.4 Å². The molecule has 218 valence electrons. The van der Waals surface area contributed by atoms with Gasteiger partial charge < -0.3 is 79.5 Å². The number of aliphatic hydroxyl groups is 10. The van der Waals surface area contributed by atoms with Crippen LogP contribution in [-0.4, -0.2) is 170 Å². The van der Waals surface area contributed by atoms with E-state index < -0.39 is 112 Å². The Morgan fingerprint density at radius 1 is 0.568 bits per heavy atom. The van der Waals surface area contributed by atoms with Gasteiger partial charge in [0, 0.05) is 6.61 Å². The molecule has 0 saturated carbocycles. The molecule has 0 spiro atoms. The van der Waals surface area contributed by atoms with Gasteiger partial charge in [-0.3, -0.25) is 0 Å². The van der Waals surface area contributed by atoms with Gasteiger partial charge in [0.2, 0.25) is 0 Å². The van der Waals surface area contributed by atoms with Crippen molar-refractivity contribution in [3.63, 3.8) is 0 Å². The highest BCUT2D eigenvalue weighted by Gasteiger charge is 2.51. The Kier molecular flexibility index (Phi) is 11.4. The summed E-state index contributed by atoms with van der Waals surface area (Å²) in [6.07, 6.45) is -22.9. The lowest BCUT2D eigenvalue weighted by Crippen LogP contribution is -2.65. The van der Waals surface area contributed by atoms with Gasteiger partial charge in [-0.15, -0.1) is 0 Å². The fraction of sp³-hybridized carbons (Fsp3) is 1.00. The van der Waals surface area contributed by atoms with Crippen molar-refractivity contribution in [2.24, 2.45) is 0 Å². The Morgan fingerprint density at radius 2 is 1.19 bits per heavy atom. The first-order valence-corrected chi connectivity index (χ1v) is 12.1. The normalized spacial score (nSPS) is 49.2. The average molecular weight is 547 g/mol. The fourth-order valence-electron chi connectivity index (χ4n) is 4.39. The van der Waals surface area contributed by atoms with Crippen LogP contribution in [0.2, 0.25) is 0 Å². The number of hydrogen-bond donors (Lipinski definition) is 10. The van der Waals surface area contributed by atoms with E-state index in [1.807, 2.05) is 6.92 Å². The zero-order valence-corrected chi connectivity index (χ0v) is 20.1. The monoisotopic (exact) mass is 546 g/mol. The predicted octanol–water partition coefficient (Wildman–Crippen LogP) is -6.14. The van der Waals surface area contributed by atoms with Gasteiger partial charge in [-0.1, -0.05) is 6.92 Å². The van der Waals surface area contributed by atoms with E-state index in [1.165, 1.54) is 0 Å². The first kappa shape index (κ1) is 30.9. The molecule has 15 unspecified atom stereocenters. The molecule has 0 aliphatic carbocycles. The summed E-state index contributed by atoms with van der Waals surface area (Å²) in [7, 11) is 0. The van der Waals surface area contributed by atoms with E-state index in [9.17, 15) is 51.1 Å². The summed E-state index contributed by atoms with van der Waals surface area (Å²) in [5.74, 6) is 0. The van der Waals surface area contributed by atoms with E-state index in [2.05, 4.69) is 0 Å². The fourth-order valence-corrected chi connectivity index (χ4v) is 4.39. The summed E-state index contributed by atoms with van der Waals surface area (Å²) in [5.41, 5.74) is 0. The van der Waals surface area contributed by atoms with Crippen LogP contribution in [0.1, 0.15) is 13.3 Å². The van der Waals surface area contributed by atoms with Crippen LogP contribution in [0.25, 0.3) is 0 Å². The second-order valence-corrected chi connectivity index (χ2v) is 9.22. The Morgan fingerprint density at radius 3 is 1.81 bits per heavy atom. The first-order chi connectivity index (χ1) is 17.5. The highest BCUT2D eigenvalue weighted by molar-refractivity contribution is 4.95. The molecule has 0 bridgehead atoms. The molecule has 0 amide bonds. The third kappa shape index (κ3) is 6.75. The van der Waals surface area contributed by atoms with Crippen molar-refractivity contribution in [1.29, 1.82) is 0 Å². The van der Waals surface area contributed by atoms with E-state index in [0.29, 0.717) is 6.42 Å². The van der Waals surface area contributed by atoms with Gasteiger partial charge >= 0.3 is 0 Å². The van der Waals surface area contributed by atoms with Gasteiger partial charge in [0.25, 0.3) is 0 Å². The molecule has 3 aliphatic rings. The standard InChI is InChI=1S/C21H38O16/c1-2-3-32-17-8(5-23)36-21(15(29)13(17)27)37-18-11(25)9(34-19(31)16(18)30)6-33-20-14(28)12(26)10(24)7(4-22)35-20/h7-31H,2-6H2,1H3. The SMILES string of the molecule is CCCOC1C(CO)OC(OC2C(O)C(O)OC(COC3OC(CO)C(O)C(O)C3O)C2O)C(O)C1O. The van der Waals surface area contributed by atoms with Gasteiger partial charge in [-0.05, 0) is 6.42 Å². The van der Waals surface area contributed by atoms with Crippen molar-refractivity contribution in [3.8, 4) is 0 Å². The Hall–Kier alpha value is -0.640. The van der Waals surface area contributed by atoms with Crippen LogP contribution in [0.4, 0.5) is 0 Å². The molecule has 3 heterocycles. The van der Waals surface area contributed by atoms with Crippen LogP contribution < -0.4 is 0 Å². The molecule has 15 atom stereocenters. The molecule has 3 saturated heterocycles. The second kappa shape index (κ2) is 13.6. The van der Waals surface area contributed by atoms with Crippen molar-refractivity contribution in [2.45, 2.75) is 105 Å². The van der Waals surface area contributed by atoms with Crippen molar-refractivity contribution >= 4 is 0 Å². The minimum absolute atomic E-state index is 0.222. The molecular formula is C21H38O16. The molecule has 16 heteroatoms. The van der Waals surface area contributed by atoms with Gasteiger partial charge in [0.05, 0.1) is 19.8 Å². The third-order valence-electron chi connectivity index (χ3n) is 6.56. The molecule has 0 aromatic carbocycles. The molecule has 3 aliphatic heterocycles. The van der Waals surface area contributed by atoms with E-state index in [-0.39, 0.29) is 6.61 Å². The maximum absolute atomic E-state index is 10.8. The topological polar surface area (TPSA) is 258 Å². The Balaban J connectivity index is 1.65. The van der Waals surface area contributed by atoms with Crippen LogP contribution in [0.15, 0.2) is 0 Å². The number of ether oxygens (including phenoxy) is 6. The molecule has 3 rings (SSSR count). The highest BCUT2D eigenvalue weighted by Crippen LogP contribution is 2.30. The molecule has 0 aromatic rings. The van der Waals surface area contributed by atoms with Crippen molar-refractivity contribution in [1.82, 2.24) is 0 Å². The summed E-state index contributed by atoms with van der Waals surface area (Å²) < 4.78 is 32.2. The lowest BCUT2D eigenvalue weighted by molar-refractivity contribution is -0.363.